The van der Waals surface area contributed by atoms with Crippen molar-refractivity contribution in [3.63, 3.8) is 0 Å². The van der Waals surface area contributed by atoms with Gasteiger partial charge in [0, 0.05) is 17.3 Å². The van der Waals surface area contributed by atoms with Gasteiger partial charge >= 0.3 is 0 Å². The molecule has 0 saturated carbocycles. The van der Waals surface area contributed by atoms with E-state index in [1.165, 1.54) is 6.33 Å². The monoisotopic (exact) mass is 411 g/mol. The van der Waals surface area contributed by atoms with Crippen molar-refractivity contribution in [1.29, 1.82) is 0 Å². The third-order valence-electron chi connectivity index (χ3n) is 5.28. The molecule has 0 saturated heterocycles. The lowest BCUT2D eigenvalue weighted by molar-refractivity contribution is 0.397. The molecule has 2 N–H and O–H groups in total. The largest absolute Gasteiger partial charge is 0.497 e. The highest BCUT2D eigenvalue weighted by Crippen LogP contribution is 2.34. The molecule has 2 heterocycles. The first-order valence-corrected chi connectivity index (χ1v) is 9.86. The third-order valence-corrected chi connectivity index (χ3v) is 5.28. The second-order valence-corrected chi connectivity index (χ2v) is 7.21. The van der Waals surface area contributed by atoms with Gasteiger partial charge in [-0.05, 0) is 42.8 Å². The quantitative estimate of drug-likeness (QED) is 0.411. The lowest BCUT2D eigenvalue weighted by atomic mass is 10.1. The van der Waals surface area contributed by atoms with E-state index in [0.717, 1.165) is 39.1 Å². The first-order chi connectivity index (χ1) is 15.2. The summed E-state index contributed by atoms with van der Waals surface area (Å²) in [5, 5.41) is 4.23. The Morgan fingerprint density at radius 1 is 0.935 bits per heavy atom. The van der Waals surface area contributed by atoms with Gasteiger partial charge < -0.3 is 19.8 Å². The predicted molar refractivity (Wildman–Crippen MR) is 122 cm³/mol. The van der Waals surface area contributed by atoms with Gasteiger partial charge in [-0.2, -0.15) is 0 Å². The fourth-order valence-electron chi connectivity index (χ4n) is 3.66. The van der Waals surface area contributed by atoms with Gasteiger partial charge in [0.05, 0.1) is 30.6 Å². The van der Waals surface area contributed by atoms with Crippen LogP contribution in [-0.4, -0.2) is 34.2 Å². The van der Waals surface area contributed by atoms with Crippen molar-refractivity contribution in [3.05, 3.63) is 66.5 Å². The van der Waals surface area contributed by atoms with Crippen LogP contribution in [-0.2, 0) is 0 Å². The molecule has 5 rings (SSSR count). The number of hydrogen-bond acceptors (Lipinski definition) is 6. The molecule has 3 aromatic carbocycles. The lowest BCUT2D eigenvalue weighted by Crippen LogP contribution is -1.99. The van der Waals surface area contributed by atoms with Crippen LogP contribution in [0.5, 0.6) is 11.5 Å². The molecule has 0 unspecified atom stereocenters. The molecular formula is C24H21N5O2. The number of imidazole rings is 1. The third kappa shape index (κ3) is 3.40. The number of H-pyrrole nitrogens is 1. The van der Waals surface area contributed by atoms with Gasteiger partial charge in [-0.15, -0.1) is 0 Å². The van der Waals surface area contributed by atoms with Crippen LogP contribution in [0, 0.1) is 6.92 Å². The molecule has 31 heavy (non-hydrogen) atoms. The van der Waals surface area contributed by atoms with E-state index < -0.39 is 0 Å². The molecule has 0 aliphatic rings. The molecular weight excluding hydrogens is 390 g/mol. The average molecular weight is 411 g/mol. The normalized spacial score (nSPS) is 11.1. The van der Waals surface area contributed by atoms with Gasteiger partial charge in [-0.1, -0.05) is 18.2 Å². The minimum absolute atomic E-state index is 0.631. The van der Waals surface area contributed by atoms with E-state index in [0.29, 0.717) is 22.8 Å². The maximum absolute atomic E-state index is 5.49. The van der Waals surface area contributed by atoms with E-state index in [1.807, 2.05) is 42.5 Å². The number of rotatable bonds is 5. The van der Waals surface area contributed by atoms with Crippen molar-refractivity contribution in [2.75, 3.05) is 19.5 Å². The molecule has 154 valence electrons. The molecule has 0 aliphatic heterocycles. The van der Waals surface area contributed by atoms with Crippen LogP contribution in [0.25, 0.3) is 33.3 Å². The summed E-state index contributed by atoms with van der Waals surface area (Å²) in [6.45, 7) is 2.07. The number of nitrogens with one attached hydrogen (secondary N) is 2. The zero-order valence-corrected chi connectivity index (χ0v) is 17.4. The van der Waals surface area contributed by atoms with Crippen LogP contribution in [0.3, 0.4) is 0 Å². The van der Waals surface area contributed by atoms with Gasteiger partial charge in [0.15, 0.2) is 0 Å². The highest BCUT2D eigenvalue weighted by Gasteiger charge is 2.13. The van der Waals surface area contributed by atoms with Crippen molar-refractivity contribution in [1.82, 2.24) is 19.9 Å². The molecule has 0 aliphatic carbocycles. The summed E-state index contributed by atoms with van der Waals surface area (Å²) in [6.07, 6.45) is 1.52. The number of benzene rings is 3. The van der Waals surface area contributed by atoms with Gasteiger partial charge in [0.1, 0.15) is 35.0 Å². The van der Waals surface area contributed by atoms with E-state index in [9.17, 15) is 0 Å². The summed E-state index contributed by atoms with van der Waals surface area (Å²) in [5.41, 5.74) is 5.70. The van der Waals surface area contributed by atoms with Gasteiger partial charge in [-0.3, -0.25) is 0 Å². The van der Waals surface area contributed by atoms with E-state index in [-0.39, 0.29) is 0 Å². The van der Waals surface area contributed by atoms with Crippen LogP contribution >= 0.6 is 0 Å². The summed E-state index contributed by atoms with van der Waals surface area (Å²) in [7, 11) is 3.24. The van der Waals surface area contributed by atoms with Crippen molar-refractivity contribution >= 4 is 33.4 Å². The smallest absolute Gasteiger partial charge is 0.148 e. The number of aromatic nitrogens is 4. The molecule has 2 aromatic heterocycles. The minimum atomic E-state index is 0.631. The Morgan fingerprint density at radius 3 is 2.61 bits per heavy atom. The molecule has 7 heteroatoms. The molecule has 0 radical (unpaired) electrons. The maximum Gasteiger partial charge on any atom is 0.148 e. The van der Waals surface area contributed by atoms with E-state index in [1.54, 1.807) is 14.2 Å². The molecule has 0 atom stereocenters. The Hall–Kier alpha value is -4.13. The highest BCUT2D eigenvalue weighted by molar-refractivity contribution is 5.95. The molecule has 0 amide bonds. The Kier molecular flexibility index (Phi) is 4.63. The van der Waals surface area contributed by atoms with E-state index in [2.05, 4.69) is 39.3 Å². The average Bonchev–Trinajstić information content (AvgIpc) is 3.24. The molecule has 0 bridgehead atoms. The number of aromatic amines is 1. The van der Waals surface area contributed by atoms with Crippen molar-refractivity contribution < 1.29 is 9.47 Å². The molecule has 0 fully saturated rings. The standard InChI is InChI=1S/C24H21N5O2/c1-14-8-9-15(10-17(14)24-28-19-6-4-5-7-20(19)29-24)27-23-18-11-16(30-2)12-21(31-3)22(18)25-13-26-23/h4-13H,1-3H3,(H,28,29)(H,25,26,27). The van der Waals surface area contributed by atoms with Crippen molar-refractivity contribution in [2.45, 2.75) is 6.92 Å². The molecule has 7 nitrogen and oxygen atoms in total. The Morgan fingerprint density at radius 2 is 1.81 bits per heavy atom. The van der Waals surface area contributed by atoms with E-state index >= 15 is 0 Å². The van der Waals surface area contributed by atoms with Crippen LogP contribution < -0.4 is 14.8 Å². The number of para-hydroxylation sites is 2. The first kappa shape index (κ1) is 18.9. The number of fused-ring (bicyclic) bond motifs is 2. The zero-order valence-electron chi connectivity index (χ0n) is 17.4. The van der Waals surface area contributed by atoms with Gasteiger partial charge in [-0.25, -0.2) is 15.0 Å². The number of aryl methyl sites for hydroxylation is 1. The maximum atomic E-state index is 5.49. The Balaban J connectivity index is 1.58. The lowest BCUT2D eigenvalue weighted by Gasteiger charge is -2.13. The van der Waals surface area contributed by atoms with Crippen LogP contribution in [0.4, 0.5) is 11.5 Å². The summed E-state index contributed by atoms with van der Waals surface area (Å²) in [6, 6.07) is 17.9. The second-order valence-electron chi connectivity index (χ2n) is 7.21. The number of methoxy groups -OCH3 is 2. The van der Waals surface area contributed by atoms with Crippen molar-refractivity contribution in [2.24, 2.45) is 0 Å². The topological polar surface area (TPSA) is 84.9 Å². The summed E-state index contributed by atoms with van der Waals surface area (Å²) in [5.74, 6) is 2.81. The summed E-state index contributed by atoms with van der Waals surface area (Å²) in [4.78, 5) is 17.0. The SMILES string of the molecule is COc1cc(OC)c2ncnc(Nc3ccc(C)c(-c4nc5ccccc5[nH]4)c3)c2c1. The Labute approximate surface area is 179 Å². The summed E-state index contributed by atoms with van der Waals surface area (Å²) >= 11 is 0. The fourth-order valence-corrected chi connectivity index (χ4v) is 3.66. The van der Waals surface area contributed by atoms with Crippen LogP contribution in [0.1, 0.15) is 5.56 Å². The summed E-state index contributed by atoms with van der Waals surface area (Å²) < 4.78 is 10.9. The number of ether oxygens (including phenoxy) is 2. The second kappa shape index (κ2) is 7.60. The van der Waals surface area contributed by atoms with E-state index in [4.69, 9.17) is 14.5 Å². The Bertz CT molecular complexity index is 1380. The number of nitrogens with zero attached hydrogens (tertiary/aromatic N) is 3. The zero-order chi connectivity index (χ0) is 21.4. The van der Waals surface area contributed by atoms with Gasteiger partial charge in [0.2, 0.25) is 0 Å². The van der Waals surface area contributed by atoms with Gasteiger partial charge in [0.25, 0.3) is 0 Å². The minimum Gasteiger partial charge on any atom is -0.497 e. The van der Waals surface area contributed by atoms with Crippen LogP contribution in [0.15, 0.2) is 60.9 Å². The molecule has 0 spiro atoms. The number of hydrogen-bond donors (Lipinski definition) is 2. The van der Waals surface area contributed by atoms with Crippen LogP contribution in [0.2, 0.25) is 0 Å². The van der Waals surface area contributed by atoms with Crippen molar-refractivity contribution in [3.8, 4) is 22.9 Å². The first-order valence-electron chi connectivity index (χ1n) is 9.86. The highest BCUT2D eigenvalue weighted by atomic mass is 16.5. The predicted octanol–water partition coefficient (Wildman–Crippen LogP) is 5.24. The molecule has 5 aromatic rings. The fraction of sp³-hybridized carbons (Fsp3) is 0.125. The number of anilines is 2.